The molecule has 0 spiro atoms. The molecule has 1 saturated heterocycles. The molecule has 130 valence electrons. The van der Waals surface area contributed by atoms with Crippen LogP contribution in [0.25, 0.3) is 11.0 Å². The highest BCUT2D eigenvalue weighted by atomic mass is 16.3. The molecule has 1 fully saturated rings. The van der Waals surface area contributed by atoms with Gasteiger partial charge >= 0.3 is 0 Å². The number of rotatable bonds is 4. The highest BCUT2D eigenvalue weighted by Gasteiger charge is 2.22. The van der Waals surface area contributed by atoms with Crippen molar-refractivity contribution in [2.45, 2.75) is 45.1 Å². The number of carbonyl (C=O) groups excluding carboxylic acids is 1. The molecule has 1 aliphatic rings. The van der Waals surface area contributed by atoms with Crippen LogP contribution in [0, 0.1) is 0 Å². The maximum absolute atomic E-state index is 12.8. The molecule has 2 aromatic rings. The van der Waals surface area contributed by atoms with E-state index in [9.17, 15) is 4.79 Å². The zero-order valence-corrected chi connectivity index (χ0v) is 15.0. The summed E-state index contributed by atoms with van der Waals surface area (Å²) in [4.78, 5) is 17.1. The molecule has 1 amide bonds. The predicted octanol–water partition coefficient (Wildman–Crippen LogP) is 3.48. The third-order valence-corrected chi connectivity index (χ3v) is 5.25. The minimum Gasteiger partial charge on any atom is -0.464 e. The second-order valence-electron chi connectivity index (χ2n) is 7.05. The molecule has 0 unspecified atom stereocenters. The van der Waals surface area contributed by atoms with Crippen LogP contribution in [0.2, 0.25) is 0 Å². The summed E-state index contributed by atoms with van der Waals surface area (Å²) in [6.45, 7) is 3.88. The van der Waals surface area contributed by atoms with Crippen molar-refractivity contribution in [3.63, 3.8) is 0 Å². The fourth-order valence-corrected chi connectivity index (χ4v) is 3.61. The van der Waals surface area contributed by atoms with Crippen molar-refractivity contribution < 1.29 is 9.21 Å². The molecule has 2 heterocycles. The van der Waals surface area contributed by atoms with Gasteiger partial charge in [-0.3, -0.25) is 4.79 Å². The zero-order valence-electron chi connectivity index (χ0n) is 15.0. The first-order valence-corrected chi connectivity index (χ1v) is 9.01. The van der Waals surface area contributed by atoms with E-state index in [4.69, 9.17) is 4.42 Å². The van der Waals surface area contributed by atoms with Gasteiger partial charge in [-0.25, -0.2) is 0 Å². The highest BCUT2D eigenvalue weighted by Crippen LogP contribution is 2.24. The fraction of sp³-hybridized carbons (Fsp3) is 0.550. The van der Waals surface area contributed by atoms with Crippen LogP contribution in [0.4, 0.5) is 0 Å². The minimum atomic E-state index is 0.221. The van der Waals surface area contributed by atoms with Crippen LogP contribution in [0.15, 0.2) is 28.9 Å². The summed E-state index contributed by atoms with van der Waals surface area (Å²) in [6, 6.07) is 6.85. The molecule has 3 rings (SSSR count). The third-order valence-electron chi connectivity index (χ3n) is 5.25. The average molecular weight is 328 g/mol. The first-order valence-electron chi connectivity index (χ1n) is 9.01. The molecule has 0 N–H and O–H groups in total. The molecule has 1 atom stereocenters. The van der Waals surface area contributed by atoms with E-state index >= 15 is 0 Å². The van der Waals surface area contributed by atoms with Crippen LogP contribution >= 0.6 is 0 Å². The molecular weight excluding hydrogens is 300 g/mol. The number of nitrogens with zero attached hydrogens (tertiary/aromatic N) is 2. The largest absolute Gasteiger partial charge is 0.464 e. The van der Waals surface area contributed by atoms with Gasteiger partial charge in [-0.2, -0.15) is 0 Å². The van der Waals surface area contributed by atoms with Crippen molar-refractivity contribution in [2.75, 3.05) is 27.2 Å². The first kappa shape index (κ1) is 17.0. The summed E-state index contributed by atoms with van der Waals surface area (Å²) in [6.07, 6.45) is 6.50. The van der Waals surface area contributed by atoms with Gasteiger partial charge in [0.05, 0.1) is 12.7 Å². The molecule has 1 aliphatic heterocycles. The lowest BCUT2D eigenvalue weighted by molar-refractivity contribution is -0.130. The summed E-state index contributed by atoms with van der Waals surface area (Å²) in [5.74, 6) is 0.221. The van der Waals surface area contributed by atoms with Crippen LogP contribution in [0.3, 0.4) is 0 Å². The van der Waals surface area contributed by atoms with Gasteiger partial charge in [0.15, 0.2) is 0 Å². The number of amides is 1. The maximum Gasteiger partial charge on any atom is 0.227 e. The van der Waals surface area contributed by atoms with E-state index in [1.165, 1.54) is 12.0 Å². The van der Waals surface area contributed by atoms with Crippen LogP contribution < -0.4 is 0 Å². The topological polar surface area (TPSA) is 36.7 Å². The number of hydrogen-bond acceptors (Lipinski definition) is 3. The van der Waals surface area contributed by atoms with Gasteiger partial charge in [0.25, 0.3) is 0 Å². The Balaban J connectivity index is 1.70. The molecule has 0 bridgehead atoms. The van der Waals surface area contributed by atoms with Gasteiger partial charge in [-0.1, -0.05) is 13.0 Å². The van der Waals surface area contributed by atoms with E-state index in [2.05, 4.69) is 38.1 Å². The molecule has 0 radical (unpaired) electrons. The summed E-state index contributed by atoms with van der Waals surface area (Å²) < 4.78 is 5.63. The highest BCUT2D eigenvalue weighted by molar-refractivity contribution is 5.88. The van der Waals surface area contributed by atoms with Gasteiger partial charge in [0, 0.05) is 30.1 Å². The number of benzene rings is 1. The minimum absolute atomic E-state index is 0.221. The number of likely N-dealkylation sites (tertiary alicyclic amines) is 1. The summed E-state index contributed by atoms with van der Waals surface area (Å²) in [5, 5.41) is 1.09. The maximum atomic E-state index is 12.8. The number of aryl methyl sites for hydroxylation is 1. The molecule has 0 saturated carbocycles. The van der Waals surface area contributed by atoms with Crippen molar-refractivity contribution in [3.05, 3.63) is 35.6 Å². The Bertz CT molecular complexity index is 705. The molecule has 1 aromatic heterocycles. The van der Waals surface area contributed by atoms with E-state index in [0.29, 0.717) is 12.5 Å². The number of carbonyl (C=O) groups is 1. The monoisotopic (exact) mass is 328 g/mol. The second kappa shape index (κ2) is 7.39. The van der Waals surface area contributed by atoms with Crippen LogP contribution in [-0.2, 0) is 17.6 Å². The summed E-state index contributed by atoms with van der Waals surface area (Å²) in [7, 11) is 4.26. The molecular formula is C20H28N2O2. The SMILES string of the molecule is CCc1ccc2occ(CC(=O)N3CCC[C@@H](N(C)C)CC3)c2c1. The molecule has 4 heteroatoms. The third kappa shape index (κ3) is 3.64. The standard InChI is InChI=1S/C20H28N2O2/c1-4-15-7-8-19-18(12-15)16(14-24-19)13-20(23)22-10-5-6-17(9-11-22)21(2)3/h7-8,12,14,17H,4-6,9-11,13H2,1-3H3/t17-/m1/s1. The van der Waals surface area contributed by atoms with E-state index in [-0.39, 0.29) is 5.91 Å². The molecule has 1 aromatic carbocycles. The normalized spacial score (nSPS) is 19.0. The van der Waals surface area contributed by atoms with E-state index in [1.807, 2.05) is 11.0 Å². The Kier molecular flexibility index (Phi) is 5.24. The number of fused-ring (bicyclic) bond motifs is 1. The van der Waals surface area contributed by atoms with Gasteiger partial charge in [0.2, 0.25) is 5.91 Å². The predicted molar refractivity (Wildman–Crippen MR) is 97.2 cm³/mol. The molecule has 4 nitrogen and oxygen atoms in total. The average Bonchev–Trinajstić information content (AvgIpc) is 2.81. The molecule has 0 aliphatic carbocycles. The Morgan fingerprint density at radius 2 is 2.12 bits per heavy atom. The Morgan fingerprint density at radius 3 is 2.88 bits per heavy atom. The van der Waals surface area contributed by atoms with Crippen LogP contribution in [0.5, 0.6) is 0 Å². The Morgan fingerprint density at radius 1 is 1.29 bits per heavy atom. The van der Waals surface area contributed by atoms with Crippen molar-refractivity contribution >= 4 is 16.9 Å². The van der Waals surface area contributed by atoms with Crippen molar-refractivity contribution in [2.24, 2.45) is 0 Å². The Hall–Kier alpha value is -1.81. The summed E-state index contributed by atoms with van der Waals surface area (Å²) >= 11 is 0. The van der Waals surface area contributed by atoms with Crippen LogP contribution in [-0.4, -0.2) is 48.9 Å². The lowest BCUT2D eigenvalue weighted by Crippen LogP contribution is -2.34. The number of hydrogen-bond donors (Lipinski definition) is 0. The van der Waals surface area contributed by atoms with Crippen molar-refractivity contribution in [3.8, 4) is 0 Å². The van der Waals surface area contributed by atoms with Gasteiger partial charge < -0.3 is 14.2 Å². The van der Waals surface area contributed by atoms with Crippen LogP contribution in [0.1, 0.15) is 37.3 Å². The zero-order chi connectivity index (χ0) is 17.1. The first-order chi connectivity index (χ1) is 11.6. The van der Waals surface area contributed by atoms with Crippen molar-refractivity contribution in [1.29, 1.82) is 0 Å². The van der Waals surface area contributed by atoms with E-state index in [1.54, 1.807) is 6.26 Å². The van der Waals surface area contributed by atoms with Gasteiger partial charge in [0.1, 0.15) is 5.58 Å². The fourth-order valence-electron chi connectivity index (χ4n) is 3.61. The molecule has 24 heavy (non-hydrogen) atoms. The summed E-state index contributed by atoms with van der Waals surface area (Å²) in [5.41, 5.74) is 3.17. The smallest absolute Gasteiger partial charge is 0.227 e. The van der Waals surface area contributed by atoms with E-state index in [0.717, 1.165) is 48.9 Å². The number of furan rings is 1. The second-order valence-corrected chi connectivity index (χ2v) is 7.05. The van der Waals surface area contributed by atoms with Crippen molar-refractivity contribution in [1.82, 2.24) is 9.80 Å². The van der Waals surface area contributed by atoms with Gasteiger partial charge in [-0.15, -0.1) is 0 Å². The lowest BCUT2D eigenvalue weighted by atomic mass is 10.1. The Labute approximate surface area is 144 Å². The van der Waals surface area contributed by atoms with E-state index < -0.39 is 0 Å². The van der Waals surface area contributed by atoms with Gasteiger partial charge in [-0.05, 0) is 57.5 Å². The lowest BCUT2D eigenvalue weighted by Gasteiger charge is -2.23. The quantitative estimate of drug-likeness (QED) is 0.862.